The third-order valence-electron chi connectivity index (χ3n) is 4.32. The molecule has 0 bridgehead atoms. The van der Waals surface area contributed by atoms with E-state index in [1.165, 1.54) is 19.3 Å². The number of halogens is 2. The smallest absolute Gasteiger partial charge is 0.163 e. The van der Waals surface area contributed by atoms with Crippen LogP contribution < -0.4 is 5.32 Å². The fraction of sp³-hybridized carbons (Fsp3) is 0.647. The second-order valence-electron chi connectivity index (χ2n) is 5.89. The molecule has 0 amide bonds. The third-order valence-corrected chi connectivity index (χ3v) is 4.32. The van der Waals surface area contributed by atoms with Crippen molar-refractivity contribution in [3.63, 3.8) is 0 Å². The molecule has 0 saturated heterocycles. The lowest BCUT2D eigenvalue weighted by molar-refractivity contribution is -0.0155. The van der Waals surface area contributed by atoms with Crippen LogP contribution in [0.1, 0.15) is 51.1 Å². The van der Waals surface area contributed by atoms with Crippen molar-refractivity contribution in [2.75, 3.05) is 13.2 Å². The van der Waals surface area contributed by atoms with Crippen LogP contribution in [0.25, 0.3) is 0 Å². The number of rotatable bonds is 6. The predicted molar refractivity (Wildman–Crippen MR) is 80.1 cm³/mol. The van der Waals surface area contributed by atoms with Gasteiger partial charge in [0, 0.05) is 5.56 Å². The molecule has 4 heteroatoms. The minimum absolute atomic E-state index is 0.233. The summed E-state index contributed by atoms with van der Waals surface area (Å²) in [7, 11) is 0. The number of hydrogen-bond donors (Lipinski definition) is 1. The van der Waals surface area contributed by atoms with E-state index in [2.05, 4.69) is 12.2 Å². The Kier molecular flexibility index (Phi) is 6.12. The minimum Gasteiger partial charge on any atom is -0.376 e. The molecule has 1 aromatic rings. The second-order valence-corrected chi connectivity index (χ2v) is 5.89. The van der Waals surface area contributed by atoms with Crippen molar-refractivity contribution >= 4 is 0 Å². The Labute approximate surface area is 125 Å². The molecule has 0 heterocycles. The molecular formula is C17H25F2NO. The van der Waals surface area contributed by atoms with Gasteiger partial charge in [-0.15, -0.1) is 0 Å². The van der Waals surface area contributed by atoms with Gasteiger partial charge in [0.2, 0.25) is 0 Å². The molecule has 1 aromatic carbocycles. The maximum atomic E-state index is 13.9. The van der Waals surface area contributed by atoms with Crippen LogP contribution in [0.3, 0.4) is 0 Å². The average Bonchev–Trinajstić information content (AvgIpc) is 2.48. The van der Waals surface area contributed by atoms with Crippen molar-refractivity contribution in [3.05, 3.63) is 35.4 Å². The largest absolute Gasteiger partial charge is 0.376 e. The van der Waals surface area contributed by atoms with E-state index in [0.29, 0.717) is 24.6 Å². The SMILES string of the molecule is CCNC(COC1CCCCC1C)c1cccc(F)c1F. The lowest BCUT2D eigenvalue weighted by atomic mass is 9.88. The van der Waals surface area contributed by atoms with Crippen LogP contribution in [0.2, 0.25) is 0 Å². The van der Waals surface area contributed by atoms with E-state index >= 15 is 0 Å². The molecule has 2 rings (SSSR count). The first-order valence-electron chi connectivity index (χ1n) is 7.92. The van der Waals surface area contributed by atoms with Crippen molar-refractivity contribution in [3.8, 4) is 0 Å². The first-order chi connectivity index (χ1) is 10.1. The molecule has 1 fully saturated rings. The second kappa shape index (κ2) is 7.85. The molecule has 21 heavy (non-hydrogen) atoms. The Morgan fingerprint density at radius 1 is 1.29 bits per heavy atom. The van der Waals surface area contributed by atoms with Crippen molar-refractivity contribution in [1.29, 1.82) is 0 Å². The molecule has 3 atom stereocenters. The molecule has 0 radical (unpaired) electrons. The monoisotopic (exact) mass is 297 g/mol. The van der Waals surface area contributed by atoms with Gasteiger partial charge in [-0.25, -0.2) is 8.78 Å². The van der Waals surface area contributed by atoms with Crippen molar-refractivity contribution in [1.82, 2.24) is 5.32 Å². The Balaban J connectivity index is 2.03. The van der Waals surface area contributed by atoms with Gasteiger partial charge in [0.05, 0.1) is 18.8 Å². The zero-order valence-corrected chi connectivity index (χ0v) is 12.9. The fourth-order valence-corrected chi connectivity index (χ4v) is 3.04. The highest BCUT2D eigenvalue weighted by atomic mass is 19.2. The molecule has 0 spiro atoms. The van der Waals surface area contributed by atoms with Crippen LogP contribution >= 0.6 is 0 Å². The summed E-state index contributed by atoms with van der Waals surface area (Å²) in [4.78, 5) is 0. The van der Waals surface area contributed by atoms with Crippen molar-refractivity contribution < 1.29 is 13.5 Å². The van der Waals surface area contributed by atoms with Crippen LogP contribution in [0.4, 0.5) is 8.78 Å². The molecule has 118 valence electrons. The van der Waals surface area contributed by atoms with E-state index in [-0.39, 0.29) is 12.1 Å². The summed E-state index contributed by atoms with van der Waals surface area (Å²) in [5.41, 5.74) is 0.348. The van der Waals surface area contributed by atoms with Gasteiger partial charge in [0.25, 0.3) is 0 Å². The Hall–Kier alpha value is -1.00. The first kappa shape index (κ1) is 16.4. The summed E-state index contributed by atoms with van der Waals surface area (Å²) < 4.78 is 33.3. The standard InChI is InChI=1S/C17H25F2NO/c1-3-20-15(13-8-6-9-14(18)17(13)19)11-21-16-10-5-4-7-12(16)2/h6,8-9,12,15-16,20H,3-5,7,10-11H2,1-2H3. The van der Waals surface area contributed by atoms with E-state index < -0.39 is 11.6 Å². The molecule has 1 aliphatic rings. The van der Waals surface area contributed by atoms with Gasteiger partial charge in [0.1, 0.15) is 0 Å². The van der Waals surface area contributed by atoms with E-state index in [9.17, 15) is 8.78 Å². The lowest BCUT2D eigenvalue weighted by Crippen LogP contribution is -2.32. The van der Waals surface area contributed by atoms with Crippen molar-refractivity contribution in [2.45, 2.75) is 51.7 Å². The Morgan fingerprint density at radius 2 is 2.05 bits per heavy atom. The minimum atomic E-state index is -0.804. The van der Waals surface area contributed by atoms with Crippen LogP contribution in [-0.4, -0.2) is 19.3 Å². The van der Waals surface area contributed by atoms with Crippen molar-refractivity contribution in [2.24, 2.45) is 5.92 Å². The number of nitrogens with one attached hydrogen (secondary N) is 1. The zero-order chi connectivity index (χ0) is 15.2. The highest BCUT2D eigenvalue weighted by Crippen LogP contribution is 2.28. The molecule has 0 aromatic heterocycles. The van der Waals surface area contributed by atoms with E-state index in [1.807, 2.05) is 6.92 Å². The topological polar surface area (TPSA) is 21.3 Å². The predicted octanol–water partition coefficient (Wildman–Crippen LogP) is 4.21. The zero-order valence-electron chi connectivity index (χ0n) is 12.9. The van der Waals surface area contributed by atoms with Gasteiger partial charge in [-0.3, -0.25) is 0 Å². The lowest BCUT2D eigenvalue weighted by Gasteiger charge is -2.30. The van der Waals surface area contributed by atoms with Crippen LogP contribution in [-0.2, 0) is 4.74 Å². The van der Waals surface area contributed by atoms with Gasteiger partial charge in [-0.1, -0.05) is 38.8 Å². The maximum absolute atomic E-state index is 13.9. The molecule has 3 unspecified atom stereocenters. The number of ether oxygens (including phenoxy) is 1. The summed E-state index contributed by atoms with van der Waals surface area (Å²) in [6.07, 6.45) is 4.93. The van der Waals surface area contributed by atoms with Gasteiger partial charge in [0.15, 0.2) is 11.6 Å². The summed E-state index contributed by atoms with van der Waals surface area (Å²) in [5, 5.41) is 3.19. The van der Waals surface area contributed by atoms with Crippen LogP contribution in [0.5, 0.6) is 0 Å². The average molecular weight is 297 g/mol. The number of benzene rings is 1. The first-order valence-corrected chi connectivity index (χ1v) is 7.92. The van der Waals surface area contributed by atoms with Gasteiger partial charge >= 0.3 is 0 Å². The highest BCUT2D eigenvalue weighted by Gasteiger charge is 2.24. The van der Waals surface area contributed by atoms with E-state index in [0.717, 1.165) is 12.5 Å². The number of hydrogen-bond acceptors (Lipinski definition) is 2. The van der Waals surface area contributed by atoms with E-state index in [4.69, 9.17) is 4.74 Å². The molecule has 1 saturated carbocycles. The molecule has 0 aliphatic heterocycles. The van der Waals surface area contributed by atoms with Crippen LogP contribution in [0.15, 0.2) is 18.2 Å². The summed E-state index contributed by atoms with van der Waals surface area (Å²) >= 11 is 0. The summed E-state index contributed by atoms with van der Waals surface area (Å²) in [6, 6.07) is 4.01. The van der Waals surface area contributed by atoms with Gasteiger partial charge in [-0.05, 0) is 31.4 Å². The molecule has 1 aliphatic carbocycles. The third kappa shape index (κ3) is 4.24. The number of likely N-dealkylation sites (N-methyl/N-ethyl adjacent to an activating group) is 1. The summed E-state index contributed by atoms with van der Waals surface area (Å²) in [6.45, 7) is 5.22. The fourth-order valence-electron chi connectivity index (χ4n) is 3.04. The Morgan fingerprint density at radius 3 is 2.76 bits per heavy atom. The van der Waals surface area contributed by atoms with Gasteiger partial charge in [-0.2, -0.15) is 0 Å². The summed E-state index contributed by atoms with van der Waals surface area (Å²) in [5.74, 6) is -1.04. The molecule has 1 N–H and O–H groups in total. The molecular weight excluding hydrogens is 272 g/mol. The normalized spacial score (nSPS) is 24.0. The maximum Gasteiger partial charge on any atom is 0.163 e. The molecule has 2 nitrogen and oxygen atoms in total. The van der Waals surface area contributed by atoms with Gasteiger partial charge < -0.3 is 10.1 Å². The van der Waals surface area contributed by atoms with E-state index in [1.54, 1.807) is 12.1 Å². The quantitative estimate of drug-likeness (QED) is 0.849. The highest BCUT2D eigenvalue weighted by molar-refractivity contribution is 5.22. The van der Waals surface area contributed by atoms with Crippen LogP contribution in [0, 0.1) is 17.6 Å². The Bertz CT molecular complexity index is 452.